The van der Waals surface area contributed by atoms with E-state index in [0.29, 0.717) is 31.4 Å². The first-order valence-electron chi connectivity index (χ1n) is 8.70. The number of benzene rings is 1. The third kappa shape index (κ3) is 5.87. The van der Waals surface area contributed by atoms with Gasteiger partial charge in [0.1, 0.15) is 12.4 Å². The maximum absolute atomic E-state index is 12.3. The highest BCUT2D eigenvalue weighted by Crippen LogP contribution is 2.23. The van der Waals surface area contributed by atoms with Gasteiger partial charge in [0.2, 0.25) is 5.91 Å². The van der Waals surface area contributed by atoms with E-state index in [1.54, 1.807) is 4.90 Å². The average molecular weight is 318 g/mol. The summed E-state index contributed by atoms with van der Waals surface area (Å²) < 4.78 is 5.70. The van der Waals surface area contributed by atoms with Gasteiger partial charge in [-0.05, 0) is 56.8 Å². The van der Waals surface area contributed by atoms with E-state index < -0.39 is 0 Å². The van der Waals surface area contributed by atoms with Crippen LogP contribution in [0.25, 0.3) is 0 Å². The Morgan fingerprint density at radius 1 is 1.39 bits per heavy atom. The molecule has 1 aromatic rings. The zero-order chi connectivity index (χ0) is 16.7. The topological polar surface area (TPSA) is 41.6 Å². The quantitative estimate of drug-likeness (QED) is 0.840. The molecule has 4 nitrogen and oxygen atoms in total. The van der Waals surface area contributed by atoms with Crippen LogP contribution in [0.1, 0.15) is 31.7 Å². The molecule has 1 heterocycles. The van der Waals surface area contributed by atoms with Gasteiger partial charge in [-0.25, -0.2) is 0 Å². The fourth-order valence-corrected chi connectivity index (χ4v) is 3.02. The lowest BCUT2D eigenvalue weighted by Gasteiger charge is -2.29. The number of amides is 1. The molecule has 0 aromatic heterocycles. The molecule has 1 N–H and O–H groups in total. The highest BCUT2D eigenvalue weighted by molar-refractivity contribution is 5.76. The number of carbonyl (C=O) groups is 1. The molecular weight excluding hydrogens is 288 g/mol. The lowest BCUT2D eigenvalue weighted by molar-refractivity contribution is -0.131. The number of rotatable bonds is 7. The van der Waals surface area contributed by atoms with E-state index in [9.17, 15) is 4.79 Å². The molecule has 128 valence electrons. The van der Waals surface area contributed by atoms with Crippen LogP contribution in [0.3, 0.4) is 0 Å². The van der Waals surface area contributed by atoms with E-state index in [1.165, 1.54) is 18.4 Å². The molecule has 1 aliphatic heterocycles. The first-order valence-corrected chi connectivity index (χ1v) is 8.70. The molecule has 1 aromatic carbocycles. The summed E-state index contributed by atoms with van der Waals surface area (Å²) in [7, 11) is 1.87. The fourth-order valence-electron chi connectivity index (χ4n) is 3.02. The van der Waals surface area contributed by atoms with Crippen molar-refractivity contribution in [3.8, 4) is 5.75 Å². The van der Waals surface area contributed by atoms with E-state index in [2.05, 4.69) is 19.2 Å². The molecule has 1 amide bonds. The van der Waals surface area contributed by atoms with Crippen molar-refractivity contribution in [2.75, 3.05) is 33.3 Å². The molecule has 1 saturated heterocycles. The Hall–Kier alpha value is -1.55. The highest BCUT2D eigenvalue weighted by Gasteiger charge is 2.23. The van der Waals surface area contributed by atoms with E-state index in [4.69, 9.17) is 4.74 Å². The van der Waals surface area contributed by atoms with E-state index in [-0.39, 0.29) is 5.91 Å². The number of likely N-dealkylation sites (N-methyl/N-ethyl adjacent to an activating group) is 1. The third-order valence-electron chi connectivity index (χ3n) is 4.78. The number of hydrogen-bond acceptors (Lipinski definition) is 3. The summed E-state index contributed by atoms with van der Waals surface area (Å²) >= 11 is 0. The van der Waals surface area contributed by atoms with Crippen molar-refractivity contribution >= 4 is 5.91 Å². The average Bonchev–Trinajstić information content (AvgIpc) is 2.57. The maximum atomic E-state index is 12.3. The minimum absolute atomic E-state index is 0.218. The van der Waals surface area contributed by atoms with E-state index in [0.717, 1.165) is 18.8 Å². The Kier molecular flexibility index (Phi) is 6.90. The molecule has 1 fully saturated rings. The molecule has 0 aliphatic carbocycles. The normalized spacial score (nSPS) is 19.2. The fraction of sp³-hybridized carbons (Fsp3) is 0.632. The predicted molar refractivity (Wildman–Crippen MR) is 93.7 cm³/mol. The van der Waals surface area contributed by atoms with Gasteiger partial charge >= 0.3 is 0 Å². The summed E-state index contributed by atoms with van der Waals surface area (Å²) in [6.45, 7) is 7.58. The molecule has 0 spiro atoms. The van der Waals surface area contributed by atoms with Crippen molar-refractivity contribution in [2.45, 2.75) is 33.1 Å². The summed E-state index contributed by atoms with van der Waals surface area (Å²) in [4.78, 5) is 14.1. The Balaban J connectivity index is 1.68. The summed E-state index contributed by atoms with van der Waals surface area (Å²) in [5, 5.41) is 3.43. The standard InChI is InChI=1S/C19H30N2O2/c1-15-6-8-18(9-7-15)23-12-11-21(3)19(22)13-16(2)17-5-4-10-20-14-17/h6-9,16-17,20H,4-5,10-14H2,1-3H3. The smallest absolute Gasteiger partial charge is 0.222 e. The molecule has 0 radical (unpaired) electrons. The second kappa shape index (κ2) is 8.92. The Morgan fingerprint density at radius 3 is 2.78 bits per heavy atom. The van der Waals surface area contributed by atoms with Crippen LogP contribution in [0.15, 0.2) is 24.3 Å². The van der Waals surface area contributed by atoms with Crippen LogP contribution in [0.5, 0.6) is 5.75 Å². The van der Waals surface area contributed by atoms with Crippen molar-refractivity contribution in [2.24, 2.45) is 11.8 Å². The summed E-state index contributed by atoms with van der Waals surface area (Å²) in [6, 6.07) is 8.00. The van der Waals surface area contributed by atoms with Gasteiger partial charge in [0.15, 0.2) is 0 Å². The van der Waals surface area contributed by atoms with Crippen molar-refractivity contribution in [3.05, 3.63) is 29.8 Å². The van der Waals surface area contributed by atoms with Crippen LogP contribution in [0.2, 0.25) is 0 Å². The minimum Gasteiger partial charge on any atom is -0.492 e. The molecule has 2 atom stereocenters. The number of nitrogens with zero attached hydrogens (tertiary/aromatic N) is 1. The monoisotopic (exact) mass is 318 g/mol. The Labute approximate surface area is 140 Å². The lowest BCUT2D eigenvalue weighted by Crippen LogP contribution is -2.37. The molecule has 0 bridgehead atoms. The first kappa shape index (κ1) is 17.8. The highest BCUT2D eigenvalue weighted by atomic mass is 16.5. The van der Waals surface area contributed by atoms with Crippen molar-refractivity contribution in [1.82, 2.24) is 10.2 Å². The molecule has 23 heavy (non-hydrogen) atoms. The van der Waals surface area contributed by atoms with Crippen molar-refractivity contribution in [3.63, 3.8) is 0 Å². The van der Waals surface area contributed by atoms with Crippen LogP contribution < -0.4 is 10.1 Å². The van der Waals surface area contributed by atoms with Gasteiger partial charge in [-0.1, -0.05) is 24.6 Å². The van der Waals surface area contributed by atoms with Crippen LogP contribution in [-0.2, 0) is 4.79 Å². The van der Waals surface area contributed by atoms with Gasteiger partial charge in [0, 0.05) is 13.5 Å². The van der Waals surface area contributed by atoms with Crippen LogP contribution in [0.4, 0.5) is 0 Å². The van der Waals surface area contributed by atoms with Crippen molar-refractivity contribution < 1.29 is 9.53 Å². The number of piperidine rings is 1. The van der Waals surface area contributed by atoms with Crippen molar-refractivity contribution in [1.29, 1.82) is 0 Å². The van der Waals surface area contributed by atoms with Crippen LogP contribution in [-0.4, -0.2) is 44.1 Å². The number of hydrogen-bond donors (Lipinski definition) is 1. The van der Waals surface area contributed by atoms with Crippen LogP contribution in [0, 0.1) is 18.8 Å². The second-order valence-electron chi connectivity index (χ2n) is 6.76. The molecular formula is C19H30N2O2. The van der Waals surface area contributed by atoms with Gasteiger partial charge in [-0.3, -0.25) is 4.79 Å². The Morgan fingerprint density at radius 2 is 2.13 bits per heavy atom. The maximum Gasteiger partial charge on any atom is 0.222 e. The number of nitrogens with one attached hydrogen (secondary N) is 1. The molecule has 2 unspecified atom stereocenters. The molecule has 1 aliphatic rings. The minimum atomic E-state index is 0.218. The third-order valence-corrected chi connectivity index (χ3v) is 4.78. The zero-order valence-electron chi connectivity index (χ0n) is 14.7. The molecule has 2 rings (SSSR count). The number of carbonyl (C=O) groups excluding carboxylic acids is 1. The van der Waals surface area contributed by atoms with Gasteiger partial charge in [-0.15, -0.1) is 0 Å². The predicted octanol–water partition coefficient (Wildman–Crippen LogP) is 2.86. The molecule has 4 heteroatoms. The SMILES string of the molecule is Cc1ccc(OCCN(C)C(=O)CC(C)C2CCCNC2)cc1. The zero-order valence-corrected chi connectivity index (χ0v) is 14.7. The summed E-state index contributed by atoms with van der Waals surface area (Å²) in [5.74, 6) is 2.15. The van der Waals surface area contributed by atoms with Gasteiger partial charge in [0.25, 0.3) is 0 Å². The van der Waals surface area contributed by atoms with Gasteiger partial charge < -0.3 is 15.0 Å². The van der Waals surface area contributed by atoms with Gasteiger partial charge in [0.05, 0.1) is 6.54 Å². The second-order valence-corrected chi connectivity index (χ2v) is 6.76. The molecule has 0 saturated carbocycles. The van der Waals surface area contributed by atoms with Gasteiger partial charge in [-0.2, -0.15) is 0 Å². The summed E-state index contributed by atoms with van der Waals surface area (Å²) in [5.41, 5.74) is 1.22. The van der Waals surface area contributed by atoms with Crippen LogP contribution >= 0.6 is 0 Å². The first-order chi connectivity index (χ1) is 11.1. The largest absolute Gasteiger partial charge is 0.492 e. The Bertz CT molecular complexity index is 481. The summed E-state index contributed by atoms with van der Waals surface area (Å²) in [6.07, 6.45) is 3.10. The van der Waals surface area contributed by atoms with E-state index >= 15 is 0 Å². The number of aryl methyl sites for hydroxylation is 1. The number of ether oxygens (including phenoxy) is 1. The van der Waals surface area contributed by atoms with E-state index in [1.807, 2.05) is 31.3 Å². The lowest BCUT2D eigenvalue weighted by atomic mass is 9.85.